The average molecular weight is 423 g/mol. The molecule has 3 aliphatic rings. The third-order valence-corrected chi connectivity index (χ3v) is 7.40. The molecule has 0 amide bonds. The Morgan fingerprint density at radius 1 is 0.933 bits per heavy atom. The first-order valence-electron chi connectivity index (χ1n) is 10.7. The number of para-hydroxylation sites is 1. The van der Waals surface area contributed by atoms with Crippen LogP contribution in [0.4, 0.5) is 11.4 Å². The minimum absolute atomic E-state index is 0.112. The van der Waals surface area contributed by atoms with Crippen LogP contribution in [0, 0.1) is 10.8 Å². The summed E-state index contributed by atoms with van der Waals surface area (Å²) in [6.07, 6.45) is 1.44. The zero-order valence-corrected chi connectivity index (χ0v) is 18.3. The van der Waals surface area contributed by atoms with Crippen molar-refractivity contribution < 1.29 is 9.59 Å². The predicted octanol–water partition coefficient (Wildman–Crippen LogP) is 4.54. The van der Waals surface area contributed by atoms with Crippen molar-refractivity contribution in [3.8, 4) is 0 Å². The minimum Gasteiger partial charge on any atom is -0.368 e. The fourth-order valence-electron chi connectivity index (χ4n) is 5.73. The molecule has 2 aliphatic heterocycles. The van der Waals surface area contributed by atoms with Crippen LogP contribution in [-0.2, 0) is 16.0 Å². The van der Waals surface area contributed by atoms with Gasteiger partial charge in [-0.3, -0.25) is 9.59 Å². The van der Waals surface area contributed by atoms with Crippen molar-refractivity contribution in [3.05, 3.63) is 59.1 Å². The van der Waals surface area contributed by atoms with E-state index in [0.29, 0.717) is 30.8 Å². The van der Waals surface area contributed by atoms with Crippen LogP contribution in [-0.4, -0.2) is 37.2 Å². The summed E-state index contributed by atoms with van der Waals surface area (Å²) in [7, 11) is 0. The van der Waals surface area contributed by atoms with E-state index in [9.17, 15) is 9.59 Å². The Morgan fingerprint density at radius 3 is 2.40 bits per heavy atom. The number of anilines is 2. The molecule has 0 N–H and O–H groups in total. The largest absolute Gasteiger partial charge is 0.368 e. The van der Waals surface area contributed by atoms with Crippen molar-refractivity contribution in [2.24, 2.45) is 10.8 Å². The molecule has 30 heavy (non-hydrogen) atoms. The molecule has 0 radical (unpaired) electrons. The predicted molar refractivity (Wildman–Crippen MR) is 120 cm³/mol. The van der Waals surface area contributed by atoms with Crippen LogP contribution in [0.15, 0.2) is 48.5 Å². The quantitative estimate of drug-likeness (QED) is 0.633. The molecule has 1 spiro atoms. The zero-order chi connectivity index (χ0) is 21.1. The summed E-state index contributed by atoms with van der Waals surface area (Å²) in [4.78, 5) is 32.0. The van der Waals surface area contributed by atoms with E-state index >= 15 is 0 Å². The second-order valence-corrected chi connectivity index (χ2v) is 10.2. The third kappa shape index (κ3) is 2.96. The number of ketones is 2. The Hall–Kier alpha value is -2.33. The van der Waals surface area contributed by atoms with Gasteiger partial charge in [-0.1, -0.05) is 49.7 Å². The van der Waals surface area contributed by atoms with Crippen LogP contribution < -0.4 is 9.80 Å². The summed E-state index contributed by atoms with van der Waals surface area (Å²) in [5, 5.41) is 0.699. The van der Waals surface area contributed by atoms with E-state index in [4.69, 9.17) is 11.6 Å². The molecule has 0 bridgehead atoms. The summed E-state index contributed by atoms with van der Waals surface area (Å²) in [6, 6.07) is 16.0. The number of benzene rings is 2. The zero-order valence-electron chi connectivity index (χ0n) is 17.5. The smallest absolute Gasteiger partial charge is 0.149 e. The standard InChI is InChI=1S/C25H27ClN2O2/c1-24(2)14-22(29)25(23(30)15-24)13-17-6-3-4-9-20(17)28-11-10-27(16-21(25)28)19-8-5-7-18(26)12-19/h3-9,12,21H,10-11,13-16H2,1-2H3/t21-/m1/s1. The van der Waals surface area contributed by atoms with Crippen LogP contribution >= 0.6 is 11.6 Å². The minimum atomic E-state index is -0.957. The molecule has 1 saturated heterocycles. The fourth-order valence-corrected chi connectivity index (χ4v) is 5.92. The number of nitrogens with zero attached hydrogens (tertiary/aromatic N) is 2. The van der Waals surface area contributed by atoms with Crippen molar-refractivity contribution in [2.75, 3.05) is 29.4 Å². The SMILES string of the molecule is CC1(C)CC(=O)C2(Cc3ccccc3N3CCN(c4cccc(Cl)c4)C[C@@H]32)C(=O)C1. The summed E-state index contributed by atoms with van der Waals surface area (Å²) >= 11 is 6.24. The van der Waals surface area contributed by atoms with Crippen molar-refractivity contribution >= 4 is 34.5 Å². The fraction of sp³-hybridized carbons (Fsp3) is 0.440. The van der Waals surface area contributed by atoms with E-state index in [2.05, 4.69) is 28.0 Å². The Labute approximate surface area is 182 Å². The number of fused-ring (bicyclic) bond motifs is 4. The van der Waals surface area contributed by atoms with Gasteiger partial charge in [0.05, 0.1) is 6.04 Å². The third-order valence-electron chi connectivity index (χ3n) is 7.17. The van der Waals surface area contributed by atoms with Gasteiger partial charge in [0, 0.05) is 48.9 Å². The van der Waals surface area contributed by atoms with Gasteiger partial charge in [-0.2, -0.15) is 0 Å². The molecule has 0 aromatic heterocycles. The van der Waals surface area contributed by atoms with E-state index in [1.807, 2.05) is 44.2 Å². The van der Waals surface area contributed by atoms with Crippen LogP contribution in [0.1, 0.15) is 32.3 Å². The number of hydrogen-bond donors (Lipinski definition) is 0. The lowest BCUT2D eigenvalue weighted by molar-refractivity contribution is -0.150. The number of piperazine rings is 1. The highest BCUT2D eigenvalue weighted by atomic mass is 35.5. The van der Waals surface area contributed by atoms with Gasteiger partial charge in [-0.05, 0) is 41.7 Å². The summed E-state index contributed by atoms with van der Waals surface area (Å²) in [5.41, 5.74) is 2.12. The first-order valence-corrected chi connectivity index (χ1v) is 11.1. The van der Waals surface area contributed by atoms with Crippen LogP contribution in [0.2, 0.25) is 5.02 Å². The topological polar surface area (TPSA) is 40.6 Å². The van der Waals surface area contributed by atoms with Crippen LogP contribution in [0.5, 0.6) is 0 Å². The Kier molecular flexibility index (Phi) is 4.48. The van der Waals surface area contributed by atoms with E-state index in [-0.39, 0.29) is 23.0 Å². The highest BCUT2D eigenvalue weighted by Crippen LogP contribution is 2.50. The number of carbonyl (C=O) groups excluding carboxylic acids is 2. The first kappa shape index (κ1) is 19.6. The van der Waals surface area contributed by atoms with Crippen LogP contribution in [0.25, 0.3) is 0 Å². The maximum atomic E-state index is 13.7. The number of Topliss-reactive ketones (excluding diaryl/α,β-unsaturated/α-hetero) is 2. The highest BCUT2D eigenvalue weighted by Gasteiger charge is 2.60. The summed E-state index contributed by atoms with van der Waals surface area (Å²) in [6.45, 7) is 6.31. The molecule has 4 nitrogen and oxygen atoms in total. The molecule has 1 aliphatic carbocycles. The van der Waals surface area contributed by atoms with Gasteiger partial charge < -0.3 is 9.80 Å². The van der Waals surface area contributed by atoms with Crippen molar-refractivity contribution in [2.45, 2.75) is 39.2 Å². The molecule has 0 unspecified atom stereocenters. The molecule has 156 valence electrons. The molecule has 5 heteroatoms. The van der Waals surface area contributed by atoms with Gasteiger partial charge in [-0.15, -0.1) is 0 Å². The molecular formula is C25H27ClN2O2. The van der Waals surface area contributed by atoms with Gasteiger partial charge in [-0.25, -0.2) is 0 Å². The summed E-state index contributed by atoms with van der Waals surface area (Å²) < 4.78 is 0. The van der Waals surface area contributed by atoms with Crippen molar-refractivity contribution in [1.82, 2.24) is 0 Å². The number of hydrogen-bond acceptors (Lipinski definition) is 4. The second kappa shape index (κ2) is 6.84. The number of carbonyl (C=O) groups is 2. The van der Waals surface area contributed by atoms with Crippen molar-refractivity contribution in [1.29, 1.82) is 0 Å². The molecule has 2 aromatic carbocycles. The van der Waals surface area contributed by atoms with Gasteiger partial charge in [0.25, 0.3) is 0 Å². The van der Waals surface area contributed by atoms with E-state index < -0.39 is 5.41 Å². The van der Waals surface area contributed by atoms with Gasteiger partial charge in [0.15, 0.2) is 0 Å². The Balaban J connectivity index is 1.60. The number of rotatable bonds is 1. The molecule has 1 atom stereocenters. The molecule has 2 aromatic rings. The number of halogens is 1. The highest BCUT2D eigenvalue weighted by molar-refractivity contribution is 6.30. The van der Waals surface area contributed by atoms with Crippen LogP contribution in [0.3, 0.4) is 0 Å². The van der Waals surface area contributed by atoms with E-state index in [1.54, 1.807) is 0 Å². The Morgan fingerprint density at radius 2 is 1.67 bits per heavy atom. The van der Waals surface area contributed by atoms with Crippen molar-refractivity contribution in [3.63, 3.8) is 0 Å². The van der Waals surface area contributed by atoms with Gasteiger partial charge in [0.2, 0.25) is 0 Å². The molecule has 2 heterocycles. The van der Waals surface area contributed by atoms with E-state index in [0.717, 1.165) is 24.3 Å². The monoisotopic (exact) mass is 422 g/mol. The summed E-state index contributed by atoms with van der Waals surface area (Å²) in [5.74, 6) is 0.224. The lowest BCUT2D eigenvalue weighted by atomic mass is 9.56. The van der Waals surface area contributed by atoms with E-state index in [1.165, 1.54) is 5.69 Å². The second-order valence-electron chi connectivity index (χ2n) is 9.78. The Bertz CT molecular complexity index is 1010. The average Bonchev–Trinajstić information content (AvgIpc) is 2.71. The van der Waals surface area contributed by atoms with Gasteiger partial charge >= 0.3 is 0 Å². The molecule has 2 fully saturated rings. The normalized spacial score (nSPS) is 24.6. The molecule has 1 saturated carbocycles. The van der Waals surface area contributed by atoms with Gasteiger partial charge in [0.1, 0.15) is 17.0 Å². The molecular weight excluding hydrogens is 396 g/mol. The lowest BCUT2D eigenvalue weighted by Crippen LogP contribution is -2.69. The maximum Gasteiger partial charge on any atom is 0.149 e. The molecule has 5 rings (SSSR count). The maximum absolute atomic E-state index is 13.7. The first-order chi connectivity index (χ1) is 14.3. The lowest BCUT2D eigenvalue weighted by Gasteiger charge is -2.56.